The van der Waals surface area contributed by atoms with Crippen molar-refractivity contribution in [3.8, 4) is 0 Å². The Hall–Kier alpha value is -0.260. The van der Waals surface area contributed by atoms with E-state index in [2.05, 4.69) is 12.2 Å². The summed E-state index contributed by atoms with van der Waals surface area (Å²) in [6.07, 6.45) is 17.5. The van der Waals surface area contributed by atoms with Gasteiger partial charge in [-0.25, -0.2) is 0 Å². The first-order valence-corrected chi connectivity index (χ1v) is 5.15. The van der Waals surface area contributed by atoms with Crippen LogP contribution in [0.25, 0.3) is 0 Å². The normalized spacial score (nSPS) is 25.5. The second-order valence-electron chi connectivity index (χ2n) is 3.52. The highest BCUT2D eigenvalue weighted by atomic mass is 14.0. The average Bonchev–Trinajstić information content (AvgIpc) is 2.08. The van der Waals surface area contributed by atoms with Gasteiger partial charge in [0.25, 0.3) is 0 Å². The first kappa shape index (κ1) is 8.83. The highest BCUT2D eigenvalue weighted by Gasteiger charge is 1.92. The van der Waals surface area contributed by atoms with Gasteiger partial charge in [0.15, 0.2) is 0 Å². The molecule has 0 heteroatoms. The molecule has 1 rings (SSSR count). The predicted molar refractivity (Wildman–Crippen MR) is 50.7 cm³/mol. The van der Waals surface area contributed by atoms with Gasteiger partial charge in [0.1, 0.15) is 0 Å². The maximum atomic E-state index is 2.37. The molecule has 0 aromatic heterocycles. The molecule has 64 valence electrons. The molecule has 0 spiro atoms. The highest BCUT2D eigenvalue weighted by Crippen LogP contribution is 2.12. The average molecular weight is 152 g/mol. The standard InChI is InChI=1S/C11H20/c1-2-4-6-8-10-11-9-7-5-3-1/h1-2H,3-11H2/b2-1+. The molecule has 0 aromatic rings. The Morgan fingerprint density at radius 3 is 1.27 bits per heavy atom. The first-order valence-electron chi connectivity index (χ1n) is 5.15. The molecule has 0 saturated heterocycles. The molecule has 1 aliphatic carbocycles. The summed E-state index contributed by atoms with van der Waals surface area (Å²) < 4.78 is 0. The van der Waals surface area contributed by atoms with Crippen molar-refractivity contribution < 1.29 is 0 Å². The van der Waals surface area contributed by atoms with E-state index in [9.17, 15) is 0 Å². The van der Waals surface area contributed by atoms with E-state index in [4.69, 9.17) is 0 Å². The third-order valence-corrected chi connectivity index (χ3v) is 2.41. The third-order valence-electron chi connectivity index (χ3n) is 2.41. The number of hydrogen-bond donors (Lipinski definition) is 0. The van der Waals surface area contributed by atoms with Gasteiger partial charge in [0.05, 0.1) is 0 Å². The molecular weight excluding hydrogens is 132 g/mol. The van der Waals surface area contributed by atoms with Gasteiger partial charge in [-0.2, -0.15) is 0 Å². The molecule has 0 amide bonds. The minimum Gasteiger partial charge on any atom is -0.0885 e. The molecule has 0 atom stereocenters. The zero-order valence-electron chi connectivity index (χ0n) is 7.52. The number of rotatable bonds is 0. The zero-order chi connectivity index (χ0) is 7.78. The van der Waals surface area contributed by atoms with Crippen LogP contribution >= 0.6 is 0 Å². The highest BCUT2D eigenvalue weighted by molar-refractivity contribution is 4.81. The molecule has 0 aliphatic heterocycles. The van der Waals surface area contributed by atoms with E-state index < -0.39 is 0 Å². The van der Waals surface area contributed by atoms with Crippen molar-refractivity contribution in [2.75, 3.05) is 0 Å². The lowest BCUT2D eigenvalue weighted by Crippen LogP contribution is -1.78. The van der Waals surface area contributed by atoms with Crippen LogP contribution in [0.3, 0.4) is 0 Å². The minimum atomic E-state index is 1.32. The van der Waals surface area contributed by atoms with Gasteiger partial charge in [0, 0.05) is 0 Å². The van der Waals surface area contributed by atoms with Crippen LogP contribution in [0.15, 0.2) is 12.2 Å². The van der Waals surface area contributed by atoms with Gasteiger partial charge >= 0.3 is 0 Å². The molecule has 0 radical (unpaired) electrons. The van der Waals surface area contributed by atoms with Crippen molar-refractivity contribution in [3.63, 3.8) is 0 Å². The molecule has 0 saturated carbocycles. The zero-order valence-corrected chi connectivity index (χ0v) is 7.52. The number of allylic oxidation sites excluding steroid dienone is 2. The molecule has 0 fully saturated rings. The van der Waals surface area contributed by atoms with Gasteiger partial charge in [-0.05, 0) is 25.7 Å². The Bertz CT molecular complexity index is 90.6. The smallest absolute Gasteiger partial charge is 0.0351 e. The van der Waals surface area contributed by atoms with E-state index in [0.29, 0.717) is 0 Å². The Balaban J connectivity index is 2.11. The monoisotopic (exact) mass is 152 g/mol. The van der Waals surface area contributed by atoms with Crippen LogP contribution in [0, 0.1) is 0 Å². The summed E-state index contributed by atoms with van der Waals surface area (Å²) >= 11 is 0. The summed E-state index contributed by atoms with van der Waals surface area (Å²) in [7, 11) is 0. The summed E-state index contributed by atoms with van der Waals surface area (Å²) in [6, 6.07) is 0. The van der Waals surface area contributed by atoms with Gasteiger partial charge in [-0.3, -0.25) is 0 Å². The van der Waals surface area contributed by atoms with Gasteiger partial charge in [-0.1, -0.05) is 44.3 Å². The van der Waals surface area contributed by atoms with Crippen molar-refractivity contribution in [2.45, 2.75) is 57.8 Å². The summed E-state index contributed by atoms with van der Waals surface area (Å²) in [4.78, 5) is 0. The maximum Gasteiger partial charge on any atom is -0.0351 e. The van der Waals surface area contributed by atoms with Crippen LogP contribution in [0.1, 0.15) is 57.8 Å². The molecule has 11 heavy (non-hydrogen) atoms. The van der Waals surface area contributed by atoms with Crippen LogP contribution in [-0.4, -0.2) is 0 Å². The summed E-state index contributed by atoms with van der Waals surface area (Å²) in [5, 5.41) is 0. The third kappa shape index (κ3) is 5.06. The van der Waals surface area contributed by atoms with Gasteiger partial charge in [0.2, 0.25) is 0 Å². The lowest BCUT2D eigenvalue weighted by atomic mass is 10.1. The Labute approximate surface area is 70.7 Å². The largest absolute Gasteiger partial charge is 0.0885 e. The van der Waals surface area contributed by atoms with Crippen LogP contribution in [0.5, 0.6) is 0 Å². The van der Waals surface area contributed by atoms with Crippen LogP contribution in [-0.2, 0) is 0 Å². The van der Waals surface area contributed by atoms with Crippen molar-refractivity contribution in [1.82, 2.24) is 0 Å². The van der Waals surface area contributed by atoms with Gasteiger partial charge in [-0.15, -0.1) is 0 Å². The van der Waals surface area contributed by atoms with E-state index in [1.54, 1.807) is 0 Å². The van der Waals surface area contributed by atoms with E-state index >= 15 is 0 Å². The van der Waals surface area contributed by atoms with Crippen LogP contribution < -0.4 is 0 Å². The molecular formula is C11H20. The van der Waals surface area contributed by atoms with E-state index in [0.717, 1.165) is 0 Å². The molecule has 0 heterocycles. The number of hydrogen-bond acceptors (Lipinski definition) is 0. The Kier molecular flexibility index (Phi) is 5.18. The second kappa shape index (κ2) is 6.45. The Morgan fingerprint density at radius 1 is 0.455 bits per heavy atom. The fourth-order valence-corrected chi connectivity index (χ4v) is 1.64. The van der Waals surface area contributed by atoms with E-state index in [-0.39, 0.29) is 0 Å². The predicted octanol–water partition coefficient (Wildman–Crippen LogP) is 4.07. The van der Waals surface area contributed by atoms with E-state index in [1.807, 2.05) is 0 Å². The SMILES string of the molecule is C1=C/CCCCCCCCC/1. The molecule has 0 aromatic carbocycles. The molecule has 0 nitrogen and oxygen atoms in total. The lowest BCUT2D eigenvalue weighted by molar-refractivity contribution is 0.589. The van der Waals surface area contributed by atoms with Crippen LogP contribution in [0.4, 0.5) is 0 Å². The minimum absolute atomic E-state index is 1.32. The molecule has 0 bridgehead atoms. The molecule has 0 N–H and O–H groups in total. The Morgan fingerprint density at radius 2 is 0.818 bits per heavy atom. The van der Waals surface area contributed by atoms with Gasteiger partial charge < -0.3 is 0 Å². The van der Waals surface area contributed by atoms with Crippen molar-refractivity contribution in [3.05, 3.63) is 12.2 Å². The second-order valence-corrected chi connectivity index (χ2v) is 3.52. The van der Waals surface area contributed by atoms with Crippen molar-refractivity contribution in [1.29, 1.82) is 0 Å². The van der Waals surface area contributed by atoms with Crippen LogP contribution in [0.2, 0.25) is 0 Å². The maximum absolute atomic E-state index is 2.37. The summed E-state index contributed by atoms with van der Waals surface area (Å²) in [6.45, 7) is 0. The van der Waals surface area contributed by atoms with E-state index in [1.165, 1.54) is 57.8 Å². The topological polar surface area (TPSA) is 0 Å². The van der Waals surface area contributed by atoms with Crippen molar-refractivity contribution >= 4 is 0 Å². The first-order chi connectivity index (χ1) is 5.50. The quantitative estimate of drug-likeness (QED) is 0.459. The lowest BCUT2D eigenvalue weighted by Gasteiger charge is -1.97. The molecule has 0 unspecified atom stereocenters. The summed E-state index contributed by atoms with van der Waals surface area (Å²) in [5.41, 5.74) is 0. The summed E-state index contributed by atoms with van der Waals surface area (Å²) in [5.74, 6) is 0. The fraction of sp³-hybridized carbons (Fsp3) is 0.818. The fourth-order valence-electron chi connectivity index (χ4n) is 1.64. The molecule has 1 aliphatic rings. The van der Waals surface area contributed by atoms with Crippen molar-refractivity contribution in [2.24, 2.45) is 0 Å².